The molecule has 0 aromatic heterocycles. The maximum atomic E-state index is 13.2. The van der Waals surface area contributed by atoms with Crippen LogP contribution in [0.2, 0.25) is 0 Å². The molecular weight excluding hydrogens is 378 g/mol. The molecule has 30 heavy (non-hydrogen) atoms. The number of ether oxygens (including phenoxy) is 1. The molecule has 0 unspecified atom stereocenters. The van der Waals surface area contributed by atoms with Gasteiger partial charge in [-0.15, -0.1) is 0 Å². The Morgan fingerprint density at radius 2 is 1.70 bits per heavy atom. The fraction of sp³-hybridized carbons (Fsp3) is 0.333. The molecule has 0 atom stereocenters. The molecule has 2 aromatic rings. The number of hydrogen-bond acceptors (Lipinski definition) is 5. The quantitative estimate of drug-likeness (QED) is 0.718. The summed E-state index contributed by atoms with van der Waals surface area (Å²) in [5.74, 6) is -0.495. The van der Waals surface area contributed by atoms with E-state index in [9.17, 15) is 9.59 Å². The van der Waals surface area contributed by atoms with Gasteiger partial charge in [0.25, 0.3) is 11.8 Å². The third kappa shape index (κ3) is 4.45. The number of hydrogen-bond donors (Lipinski definition) is 1. The van der Waals surface area contributed by atoms with Crippen LogP contribution in [0.4, 0.5) is 5.69 Å². The van der Waals surface area contributed by atoms with Crippen LogP contribution in [-0.4, -0.2) is 61.0 Å². The minimum Gasteiger partial charge on any atom is -0.379 e. The largest absolute Gasteiger partial charge is 0.379 e. The van der Waals surface area contributed by atoms with Crippen molar-refractivity contribution in [2.24, 2.45) is 0 Å². The lowest BCUT2D eigenvalue weighted by molar-refractivity contribution is -0.136. The number of carbonyl (C=O) groups excluding carboxylic acids is 2. The van der Waals surface area contributed by atoms with E-state index in [1.807, 2.05) is 61.5 Å². The van der Waals surface area contributed by atoms with E-state index in [0.717, 1.165) is 56.1 Å². The number of benzene rings is 2. The molecule has 2 aromatic carbocycles. The lowest BCUT2D eigenvalue weighted by Gasteiger charge is -2.27. The van der Waals surface area contributed by atoms with E-state index in [0.29, 0.717) is 17.8 Å². The van der Waals surface area contributed by atoms with Gasteiger partial charge in [-0.25, -0.2) is 0 Å². The van der Waals surface area contributed by atoms with Gasteiger partial charge in [-0.05, 0) is 36.6 Å². The van der Waals surface area contributed by atoms with E-state index in [2.05, 4.69) is 10.2 Å². The first-order valence-electron chi connectivity index (χ1n) is 10.4. The highest BCUT2D eigenvalue weighted by molar-refractivity contribution is 6.36. The number of anilines is 1. The zero-order valence-electron chi connectivity index (χ0n) is 17.3. The van der Waals surface area contributed by atoms with Crippen LogP contribution >= 0.6 is 0 Å². The van der Waals surface area contributed by atoms with Gasteiger partial charge in [-0.1, -0.05) is 42.5 Å². The molecule has 2 aliphatic heterocycles. The van der Waals surface area contributed by atoms with Crippen molar-refractivity contribution in [1.82, 2.24) is 9.80 Å². The molecule has 0 aliphatic carbocycles. The van der Waals surface area contributed by atoms with Crippen LogP contribution in [0.3, 0.4) is 0 Å². The van der Waals surface area contributed by atoms with Crippen molar-refractivity contribution in [3.05, 3.63) is 71.4 Å². The maximum absolute atomic E-state index is 13.2. The second kappa shape index (κ2) is 9.24. The predicted octanol–water partition coefficient (Wildman–Crippen LogP) is 2.91. The highest BCUT2D eigenvalue weighted by Crippen LogP contribution is 2.30. The fourth-order valence-corrected chi connectivity index (χ4v) is 3.91. The lowest BCUT2D eigenvalue weighted by atomic mass is 10.0. The first-order chi connectivity index (χ1) is 14.6. The summed E-state index contributed by atoms with van der Waals surface area (Å²) >= 11 is 0. The molecule has 2 heterocycles. The van der Waals surface area contributed by atoms with Crippen LogP contribution in [0.15, 0.2) is 60.3 Å². The number of aryl methyl sites for hydroxylation is 1. The van der Waals surface area contributed by atoms with Crippen LogP contribution in [0.1, 0.15) is 17.5 Å². The minimum atomic E-state index is -0.262. The maximum Gasteiger partial charge on any atom is 0.278 e. The summed E-state index contributed by atoms with van der Waals surface area (Å²) in [4.78, 5) is 30.1. The third-order valence-corrected chi connectivity index (χ3v) is 5.48. The van der Waals surface area contributed by atoms with Gasteiger partial charge in [0, 0.05) is 31.9 Å². The van der Waals surface area contributed by atoms with Crippen molar-refractivity contribution < 1.29 is 14.3 Å². The Balaban J connectivity index is 1.54. The first-order valence-corrected chi connectivity index (χ1v) is 10.4. The molecule has 1 fully saturated rings. The average Bonchev–Trinajstić information content (AvgIpc) is 2.99. The summed E-state index contributed by atoms with van der Waals surface area (Å²) in [6.07, 6.45) is 0.747. The lowest BCUT2D eigenvalue weighted by Crippen LogP contribution is -2.39. The molecule has 0 spiro atoms. The second-order valence-electron chi connectivity index (χ2n) is 7.68. The fourth-order valence-electron chi connectivity index (χ4n) is 3.91. The van der Waals surface area contributed by atoms with Gasteiger partial charge in [0.15, 0.2) is 0 Å². The van der Waals surface area contributed by atoms with E-state index in [1.54, 1.807) is 0 Å². The van der Waals surface area contributed by atoms with Gasteiger partial charge in [-0.3, -0.25) is 19.4 Å². The summed E-state index contributed by atoms with van der Waals surface area (Å²) < 4.78 is 5.38. The van der Waals surface area contributed by atoms with Gasteiger partial charge >= 0.3 is 0 Å². The van der Waals surface area contributed by atoms with Gasteiger partial charge in [0.05, 0.1) is 18.8 Å². The van der Waals surface area contributed by atoms with Gasteiger partial charge in [0.1, 0.15) is 5.70 Å². The Morgan fingerprint density at radius 3 is 2.43 bits per heavy atom. The van der Waals surface area contributed by atoms with Crippen LogP contribution in [0.5, 0.6) is 0 Å². The Kier molecular flexibility index (Phi) is 6.26. The van der Waals surface area contributed by atoms with E-state index >= 15 is 0 Å². The van der Waals surface area contributed by atoms with E-state index < -0.39 is 0 Å². The normalized spacial score (nSPS) is 17.7. The number of rotatable bonds is 7. The third-order valence-electron chi connectivity index (χ3n) is 5.48. The summed E-state index contributed by atoms with van der Waals surface area (Å²) in [6.45, 7) is 6.53. The van der Waals surface area contributed by atoms with Gasteiger partial charge < -0.3 is 10.1 Å². The number of imide groups is 1. The standard InChI is InChI=1S/C24H27N3O3/c1-18-7-5-10-20(17-18)25-22-21(19-8-3-2-4-9-19)23(28)27(24(22)29)12-6-11-26-13-15-30-16-14-26/h2-5,7-10,17,25H,6,11-16H2,1H3. The first kappa shape index (κ1) is 20.3. The van der Waals surface area contributed by atoms with Crippen molar-refractivity contribution in [1.29, 1.82) is 0 Å². The molecule has 6 heteroatoms. The molecule has 0 bridgehead atoms. The number of amides is 2. The molecule has 1 N–H and O–H groups in total. The monoisotopic (exact) mass is 405 g/mol. The van der Waals surface area contributed by atoms with Gasteiger partial charge in [0.2, 0.25) is 0 Å². The van der Waals surface area contributed by atoms with E-state index in [4.69, 9.17) is 4.74 Å². The van der Waals surface area contributed by atoms with E-state index in [-0.39, 0.29) is 11.8 Å². The average molecular weight is 405 g/mol. The van der Waals surface area contributed by atoms with Crippen LogP contribution in [-0.2, 0) is 14.3 Å². The molecule has 156 valence electrons. The zero-order chi connectivity index (χ0) is 20.9. The SMILES string of the molecule is Cc1cccc(NC2=C(c3ccccc3)C(=O)N(CCCN3CCOCC3)C2=O)c1. The topological polar surface area (TPSA) is 61.9 Å². The minimum absolute atomic E-state index is 0.233. The van der Waals surface area contributed by atoms with Crippen molar-refractivity contribution >= 4 is 23.1 Å². The molecule has 2 amide bonds. The van der Waals surface area contributed by atoms with Gasteiger partial charge in [-0.2, -0.15) is 0 Å². The zero-order valence-corrected chi connectivity index (χ0v) is 17.3. The Labute approximate surface area is 177 Å². The Hall–Kier alpha value is -2.96. The van der Waals surface area contributed by atoms with Crippen molar-refractivity contribution in [2.45, 2.75) is 13.3 Å². The highest BCUT2D eigenvalue weighted by Gasteiger charge is 2.38. The van der Waals surface area contributed by atoms with E-state index in [1.165, 1.54) is 4.90 Å². The number of morpholine rings is 1. The Bertz CT molecular complexity index is 949. The molecular formula is C24H27N3O3. The van der Waals surface area contributed by atoms with Crippen LogP contribution < -0.4 is 5.32 Å². The van der Waals surface area contributed by atoms with Crippen molar-refractivity contribution in [3.8, 4) is 0 Å². The molecule has 6 nitrogen and oxygen atoms in total. The molecule has 4 rings (SSSR count). The predicted molar refractivity (Wildman–Crippen MR) is 117 cm³/mol. The van der Waals surface area contributed by atoms with Crippen molar-refractivity contribution in [2.75, 3.05) is 44.7 Å². The second-order valence-corrected chi connectivity index (χ2v) is 7.68. The highest BCUT2D eigenvalue weighted by atomic mass is 16.5. The molecule has 0 saturated carbocycles. The summed E-state index contributed by atoms with van der Waals surface area (Å²) in [5, 5.41) is 3.22. The number of carbonyl (C=O) groups is 2. The molecule has 1 saturated heterocycles. The summed E-state index contributed by atoms with van der Waals surface area (Å²) in [6, 6.07) is 17.2. The molecule has 2 aliphatic rings. The number of nitrogens with one attached hydrogen (secondary N) is 1. The Morgan fingerprint density at radius 1 is 0.933 bits per heavy atom. The smallest absolute Gasteiger partial charge is 0.278 e. The van der Waals surface area contributed by atoms with Crippen LogP contribution in [0, 0.1) is 6.92 Å². The van der Waals surface area contributed by atoms with Crippen molar-refractivity contribution in [3.63, 3.8) is 0 Å². The van der Waals surface area contributed by atoms with Crippen LogP contribution in [0.25, 0.3) is 5.57 Å². The number of nitrogens with zero attached hydrogens (tertiary/aromatic N) is 2. The summed E-state index contributed by atoms with van der Waals surface area (Å²) in [5.41, 5.74) is 3.43. The summed E-state index contributed by atoms with van der Waals surface area (Å²) in [7, 11) is 0. The molecule has 0 radical (unpaired) electrons.